The molecule has 112 valence electrons. The lowest BCUT2D eigenvalue weighted by molar-refractivity contribution is -0.151. The van der Waals surface area contributed by atoms with E-state index in [1.165, 1.54) is 11.3 Å². The lowest BCUT2D eigenvalue weighted by Crippen LogP contribution is -2.65. The van der Waals surface area contributed by atoms with E-state index in [9.17, 15) is 17.6 Å². The maximum atomic E-state index is 13.2. The topological polar surface area (TPSA) is 15.3 Å². The molecular weight excluding hydrogens is 260 g/mol. The fourth-order valence-electron chi connectivity index (χ4n) is 3.21. The first-order chi connectivity index (χ1) is 8.85. The van der Waals surface area contributed by atoms with Crippen LogP contribution in [0.1, 0.15) is 39.0 Å². The molecule has 2 rings (SSSR count). The van der Waals surface area contributed by atoms with Crippen LogP contribution in [0.3, 0.4) is 0 Å². The molecule has 0 bridgehead atoms. The van der Waals surface area contributed by atoms with Gasteiger partial charge in [0, 0.05) is 24.7 Å². The molecule has 2 fully saturated rings. The van der Waals surface area contributed by atoms with E-state index in [0.717, 1.165) is 25.7 Å². The van der Waals surface area contributed by atoms with E-state index in [1.807, 2.05) is 6.92 Å². The van der Waals surface area contributed by atoms with Gasteiger partial charge in [0.15, 0.2) is 0 Å². The molecule has 0 radical (unpaired) electrons. The van der Waals surface area contributed by atoms with E-state index in [-0.39, 0.29) is 11.6 Å². The molecule has 0 aromatic rings. The summed E-state index contributed by atoms with van der Waals surface area (Å²) in [6.45, 7) is 2.02. The Hall–Kier alpha value is -0.360. The summed E-state index contributed by atoms with van der Waals surface area (Å²) in [7, 11) is 0. The highest BCUT2D eigenvalue weighted by atomic mass is 19.3. The Morgan fingerprint density at radius 1 is 1.26 bits per heavy atom. The Morgan fingerprint density at radius 3 is 2.47 bits per heavy atom. The van der Waals surface area contributed by atoms with Crippen molar-refractivity contribution in [2.45, 2.75) is 63.0 Å². The zero-order chi connectivity index (χ0) is 14.1. The molecule has 1 atom stereocenters. The Labute approximate surface area is 111 Å². The molecule has 2 nitrogen and oxygen atoms in total. The van der Waals surface area contributed by atoms with Gasteiger partial charge in [-0.3, -0.25) is 4.90 Å². The van der Waals surface area contributed by atoms with Gasteiger partial charge in [-0.05, 0) is 19.8 Å². The predicted octanol–water partition coefficient (Wildman–Crippen LogP) is 2.88. The second-order valence-electron chi connectivity index (χ2n) is 6.04. The maximum Gasteiger partial charge on any atom is 0.319 e. The molecule has 1 aliphatic carbocycles. The molecule has 1 aliphatic heterocycles. The van der Waals surface area contributed by atoms with E-state index in [2.05, 4.69) is 5.32 Å². The van der Waals surface area contributed by atoms with Crippen LogP contribution in [0.4, 0.5) is 17.6 Å². The highest BCUT2D eigenvalue weighted by Crippen LogP contribution is 2.33. The lowest BCUT2D eigenvalue weighted by atomic mass is 9.79. The zero-order valence-electron chi connectivity index (χ0n) is 11.3. The van der Waals surface area contributed by atoms with Crippen molar-refractivity contribution < 1.29 is 17.6 Å². The molecule has 1 unspecified atom stereocenters. The average molecular weight is 282 g/mol. The van der Waals surface area contributed by atoms with Crippen molar-refractivity contribution in [1.82, 2.24) is 10.2 Å². The minimum absolute atomic E-state index is 0.128. The molecule has 19 heavy (non-hydrogen) atoms. The van der Waals surface area contributed by atoms with Crippen LogP contribution in [-0.4, -0.2) is 48.5 Å². The third-order valence-corrected chi connectivity index (χ3v) is 4.45. The van der Waals surface area contributed by atoms with Crippen molar-refractivity contribution in [2.24, 2.45) is 0 Å². The van der Waals surface area contributed by atoms with Gasteiger partial charge in [0.25, 0.3) is 0 Å². The summed E-state index contributed by atoms with van der Waals surface area (Å²) in [5.74, 6) is -3.92. The SMILES string of the molecule is CC1CNC2(CCCCC2)CN1CC(F)(F)C(F)F. The third-order valence-electron chi connectivity index (χ3n) is 4.45. The van der Waals surface area contributed by atoms with Gasteiger partial charge >= 0.3 is 12.3 Å². The fourth-order valence-corrected chi connectivity index (χ4v) is 3.21. The molecule has 1 spiro atoms. The largest absolute Gasteiger partial charge is 0.319 e. The number of alkyl halides is 4. The summed E-state index contributed by atoms with van der Waals surface area (Å²) in [5, 5.41) is 3.46. The fraction of sp³-hybridized carbons (Fsp3) is 1.00. The number of halogens is 4. The van der Waals surface area contributed by atoms with Crippen molar-refractivity contribution in [3.05, 3.63) is 0 Å². The molecule has 0 aromatic heterocycles. The summed E-state index contributed by atoms with van der Waals surface area (Å²) < 4.78 is 51.2. The van der Waals surface area contributed by atoms with Crippen molar-refractivity contribution in [3.63, 3.8) is 0 Å². The first kappa shape index (κ1) is 15.0. The van der Waals surface area contributed by atoms with E-state index in [1.54, 1.807) is 0 Å². The second kappa shape index (κ2) is 5.56. The molecule has 2 aliphatic rings. The number of hydrogen-bond donors (Lipinski definition) is 1. The zero-order valence-corrected chi connectivity index (χ0v) is 11.3. The van der Waals surface area contributed by atoms with Crippen molar-refractivity contribution >= 4 is 0 Å². The Balaban J connectivity index is 2.02. The summed E-state index contributed by atoms with van der Waals surface area (Å²) in [6.07, 6.45) is 1.66. The van der Waals surface area contributed by atoms with Gasteiger partial charge in [0.1, 0.15) is 0 Å². The minimum Gasteiger partial charge on any atom is -0.308 e. The monoisotopic (exact) mass is 282 g/mol. The number of rotatable bonds is 3. The van der Waals surface area contributed by atoms with Gasteiger partial charge < -0.3 is 5.32 Å². The van der Waals surface area contributed by atoms with Gasteiger partial charge in [-0.25, -0.2) is 8.78 Å². The highest BCUT2D eigenvalue weighted by Gasteiger charge is 2.46. The van der Waals surface area contributed by atoms with Crippen LogP contribution in [0, 0.1) is 0 Å². The summed E-state index contributed by atoms with van der Waals surface area (Å²) in [6, 6.07) is -0.128. The van der Waals surface area contributed by atoms with Crippen LogP contribution in [0.15, 0.2) is 0 Å². The maximum absolute atomic E-state index is 13.2. The normalized spacial score (nSPS) is 29.1. The number of piperazine rings is 1. The van der Waals surface area contributed by atoms with Crippen molar-refractivity contribution in [3.8, 4) is 0 Å². The smallest absolute Gasteiger partial charge is 0.308 e. The number of hydrogen-bond acceptors (Lipinski definition) is 2. The van der Waals surface area contributed by atoms with Crippen LogP contribution in [0.25, 0.3) is 0 Å². The van der Waals surface area contributed by atoms with Crippen molar-refractivity contribution in [2.75, 3.05) is 19.6 Å². The van der Waals surface area contributed by atoms with Crippen LogP contribution in [0.5, 0.6) is 0 Å². The van der Waals surface area contributed by atoms with E-state index in [4.69, 9.17) is 0 Å². The molecule has 0 amide bonds. The quantitative estimate of drug-likeness (QED) is 0.801. The second-order valence-corrected chi connectivity index (χ2v) is 6.04. The highest BCUT2D eigenvalue weighted by molar-refractivity contribution is 4.99. The third kappa shape index (κ3) is 3.40. The van der Waals surface area contributed by atoms with Gasteiger partial charge in [0.2, 0.25) is 0 Å². The Bertz CT molecular complexity index is 303. The van der Waals surface area contributed by atoms with E-state index in [0.29, 0.717) is 13.1 Å². The van der Waals surface area contributed by atoms with Gasteiger partial charge in [-0.15, -0.1) is 0 Å². The lowest BCUT2D eigenvalue weighted by Gasteiger charge is -2.49. The van der Waals surface area contributed by atoms with E-state index >= 15 is 0 Å². The van der Waals surface area contributed by atoms with Crippen molar-refractivity contribution in [1.29, 1.82) is 0 Å². The minimum atomic E-state index is -3.92. The van der Waals surface area contributed by atoms with E-state index < -0.39 is 18.9 Å². The summed E-state index contributed by atoms with van der Waals surface area (Å²) >= 11 is 0. The summed E-state index contributed by atoms with van der Waals surface area (Å²) in [5.41, 5.74) is -0.136. The molecule has 1 saturated carbocycles. The standard InChI is InChI=1S/C13H22F4N2/c1-10-7-18-12(5-3-2-4-6-12)8-19(10)9-13(16,17)11(14)15/h10-11,18H,2-9H2,1H3. The average Bonchev–Trinajstić information content (AvgIpc) is 2.35. The summed E-state index contributed by atoms with van der Waals surface area (Å²) in [4.78, 5) is 1.54. The van der Waals surface area contributed by atoms with Gasteiger partial charge in [-0.2, -0.15) is 8.78 Å². The molecule has 6 heteroatoms. The van der Waals surface area contributed by atoms with Crippen LogP contribution >= 0.6 is 0 Å². The number of nitrogens with one attached hydrogen (secondary N) is 1. The molecule has 1 heterocycles. The Morgan fingerprint density at radius 2 is 1.89 bits per heavy atom. The first-order valence-corrected chi connectivity index (χ1v) is 7.00. The van der Waals surface area contributed by atoms with Crippen LogP contribution in [-0.2, 0) is 0 Å². The predicted molar refractivity (Wildman–Crippen MR) is 65.8 cm³/mol. The molecule has 1 saturated heterocycles. The molecule has 1 N–H and O–H groups in total. The van der Waals surface area contributed by atoms with Gasteiger partial charge in [-0.1, -0.05) is 19.3 Å². The number of nitrogens with zero attached hydrogens (tertiary/aromatic N) is 1. The molecule has 0 aromatic carbocycles. The Kier molecular flexibility index (Phi) is 4.40. The molecular formula is C13H22F4N2. The van der Waals surface area contributed by atoms with Gasteiger partial charge in [0.05, 0.1) is 6.54 Å². The van der Waals surface area contributed by atoms with Crippen LogP contribution < -0.4 is 5.32 Å². The van der Waals surface area contributed by atoms with Crippen LogP contribution in [0.2, 0.25) is 0 Å². The first-order valence-electron chi connectivity index (χ1n) is 7.00.